The van der Waals surface area contributed by atoms with Crippen molar-refractivity contribution in [3.8, 4) is 0 Å². The van der Waals surface area contributed by atoms with Crippen LogP contribution in [0.5, 0.6) is 0 Å². The number of rotatable bonds is 5. The Balaban J connectivity index is 2.64. The molecule has 0 fully saturated rings. The van der Waals surface area contributed by atoms with Gasteiger partial charge in [0, 0.05) is 0 Å². The lowest BCUT2D eigenvalue weighted by Gasteiger charge is -2.26. The lowest BCUT2D eigenvalue weighted by atomic mass is 9.81. The molecule has 0 heterocycles. The first-order valence-electron chi connectivity index (χ1n) is 6.19. The van der Waals surface area contributed by atoms with Crippen LogP contribution in [0.4, 0.5) is 0 Å². The van der Waals surface area contributed by atoms with E-state index in [2.05, 4.69) is 45.0 Å². The molecule has 1 rings (SSSR count). The highest BCUT2D eigenvalue weighted by atomic mass is 16.3. The predicted molar refractivity (Wildman–Crippen MR) is 69.6 cm³/mol. The van der Waals surface area contributed by atoms with E-state index in [1.165, 1.54) is 11.1 Å². The summed E-state index contributed by atoms with van der Waals surface area (Å²) in [6.07, 6.45) is 2.76. The van der Waals surface area contributed by atoms with E-state index in [9.17, 15) is 5.11 Å². The van der Waals surface area contributed by atoms with Crippen LogP contribution in [0.2, 0.25) is 0 Å². The van der Waals surface area contributed by atoms with Crippen LogP contribution in [-0.4, -0.2) is 11.2 Å². The Hall–Kier alpha value is -0.820. The summed E-state index contributed by atoms with van der Waals surface area (Å²) in [6, 6.07) is 8.83. The summed E-state index contributed by atoms with van der Waals surface area (Å²) in [6.45, 7) is 8.47. The molecule has 0 radical (unpaired) electrons. The van der Waals surface area contributed by atoms with E-state index in [0.717, 1.165) is 19.3 Å². The van der Waals surface area contributed by atoms with Gasteiger partial charge in [-0.2, -0.15) is 0 Å². The third kappa shape index (κ3) is 4.36. The van der Waals surface area contributed by atoms with Crippen LogP contribution in [0.3, 0.4) is 0 Å². The van der Waals surface area contributed by atoms with Gasteiger partial charge in [-0.25, -0.2) is 0 Å². The molecule has 0 bridgehead atoms. The standard InChI is InChI=1S/C15H24O/c1-5-13-6-8-14(9-7-13)11-15(3,4)10-12(2)16/h6-9,12,16H,5,10-11H2,1-4H3. The average Bonchev–Trinajstić information content (AvgIpc) is 2.16. The molecule has 0 aliphatic heterocycles. The summed E-state index contributed by atoms with van der Waals surface area (Å²) in [7, 11) is 0. The molecule has 0 aliphatic carbocycles. The molecule has 0 amide bonds. The van der Waals surface area contributed by atoms with E-state index in [-0.39, 0.29) is 11.5 Å². The minimum atomic E-state index is -0.218. The monoisotopic (exact) mass is 220 g/mol. The molecule has 0 aromatic heterocycles. The lowest BCUT2D eigenvalue weighted by Crippen LogP contribution is -2.21. The largest absolute Gasteiger partial charge is 0.393 e. The van der Waals surface area contributed by atoms with Gasteiger partial charge in [0.05, 0.1) is 6.10 Å². The fraction of sp³-hybridized carbons (Fsp3) is 0.600. The second-order valence-corrected chi connectivity index (χ2v) is 5.56. The molecular weight excluding hydrogens is 196 g/mol. The molecule has 1 N–H and O–H groups in total. The van der Waals surface area contributed by atoms with Gasteiger partial charge in [0.15, 0.2) is 0 Å². The maximum Gasteiger partial charge on any atom is 0.0517 e. The number of aliphatic hydroxyl groups is 1. The molecule has 0 saturated heterocycles. The molecule has 0 aliphatic rings. The van der Waals surface area contributed by atoms with E-state index in [1.54, 1.807) is 0 Å². The van der Waals surface area contributed by atoms with Crippen LogP contribution in [-0.2, 0) is 12.8 Å². The minimum absolute atomic E-state index is 0.169. The van der Waals surface area contributed by atoms with Crippen molar-refractivity contribution in [2.24, 2.45) is 5.41 Å². The lowest BCUT2D eigenvalue weighted by molar-refractivity contribution is 0.129. The molecule has 1 aromatic rings. The first kappa shape index (κ1) is 13.2. The van der Waals surface area contributed by atoms with Gasteiger partial charge < -0.3 is 5.11 Å². The second-order valence-electron chi connectivity index (χ2n) is 5.56. The van der Waals surface area contributed by atoms with E-state index < -0.39 is 0 Å². The highest BCUT2D eigenvalue weighted by Gasteiger charge is 2.20. The van der Waals surface area contributed by atoms with Crippen molar-refractivity contribution in [1.29, 1.82) is 0 Å². The van der Waals surface area contributed by atoms with E-state index in [4.69, 9.17) is 0 Å². The number of aryl methyl sites for hydroxylation is 1. The van der Waals surface area contributed by atoms with Crippen LogP contribution in [0.15, 0.2) is 24.3 Å². The third-order valence-electron chi connectivity index (χ3n) is 2.96. The SMILES string of the molecule is CCc1ccc(CC(C)(C)CC(C)O)cc1. The summed E-state index contributed by atoms with van der Waals surface area (Å²) >= 11 is 0. The van der Waals surface area contributed by atoms with Crippen LogP contribution in [0.1, 0.15) is 45.2 Å². The molecule has 1 heteroatoms. The molecule has 90 valence electrons. The third-order valence-corrected chi connectivity index (χ3v) is 2.96. The number of aliphatic hydroxyl groups excluding tert-OH is 1. The van der Waals surface area contributed by atoms with Crippen molar-refractivity contribution in [2.75, 3.05) is 0 Å². The molecular formula is C15H24O. The number of hydrogen-bond acceptors (Lipinski definition) is 1. The normalized spacial score (nSPS) is 13.8. The summed E-state index contributed by atoms with van der Waals surface area (Å²) in [4.78, 5) is 0. The zero-order chi connectivity index (χ0) is 12.2. The molecule has 1 aromatic carbocycles. The Morgan fingerprint density at radius 1 is 1.12 bits per heavy atom. The molecule has 1 atom stereocenters. The summed E-state index contributed by atoms with van der Waals surface area (Å²) in [5, 5.41) is 9.45. The first-order chi connectivity index (χ1) is 7.43. The van der Waals surface area contributed by atoms with Gasteiger partial charge in [0.2, 0.25) is 0 Å². The smallest absolute Gasteiger partial charge is 0.0517 e. The Bertz CT molecular complexity index is 309. The van der Waals surface area contributed by atoms with Gasteiger partial charge in [0.1, 0.15) is 0 Å². The minimum Gasteiger partial charge on any atom is -0.393 e. The maximum absolute atomic E-state index is 9.45. The van der Waals surface area contributed by atoms with Crippen LogP contribution in [0, 0.1) is 5.41 Å². The van der Waals surface area contributed by atoms with Crippen molar-refractivity contribution < 1.29 is 5.11 Å². The van der Waals surface area contributed by atoms with E-state index >= 15 is 0 Å². The van der Waals surface area contributed by atoms with Gasteiger partial charge in [-0.1, -0.05) is 45.0 Å². The Kier molecular flexibility index (Phi) is 4.55. The van der Waals surface area contributed by atoms with Crippen LogP contribution in [0.25, 0.3) is 0 Å². The van der Waals surface area contributed by atoms with Crippen molar-refractivity contribution in [3.05, 3.63) is 35.4 Å². The van der Waals surface area contributed by atoms with Crippen molar-refractivity contribution in [2.45, 2.75) is 53.1 Å². The molecule has 0 saturated carbocycles. The van der Waals surface area contributed by atoms with Crippen LogP contribution >= 0.6 is 0 Å². The quantitative estimate of drug-likeness (QED) is 0.804. The van der Waals surface area contributed by atoms with Gasteiger partial charge >= 0.3 is 0 Å². The van der Waals surface area contributed by atoms with E-state index in [1.807, 2.05) is 6.92 Å². The van der Waals surface area contributed by atoms with Gasteiger partial charge in [-0.05, 0) is 42.7 Å². The predicted octanol–water partition coefficient (Wildman–Crippen LogP) is 3.59. The Morgan fingerprint density at radius 3 is 2.06 bits per heavy atom. The van der Waals surface area contributed by atoms with Crippen molar-refractivity contribution in [1.82, 2.24) is 0 Å². The molecule has 1 unspecified atom stereocenters. The maximum atomic E-state index is 9.45. The van der Waals surface area contributed by atoms with Gasteiger partial charge in [0.25, 0.3) is 0 Å². The Morgan fingerprint density at radius 2 is 1.62 bits per heavy atom. The zero-order valence-electron chi connectivity index (χ0n) is 11.0. The molecule has 1 nitrogen and oxygen atoms in total. The summed E-state index contributed by atoms with van der Waals surface area (Å²) in [5.41, 5.74) is 2.92. The van der Waals surface area contributed by atoms with Gasteiger partial charge in [-0.3, -0.25) is 0 Å². The van der Waals surface area contributed by atoms with Gasteiger partial charge in [-0.15, -0.1) is 0 Å². The van der Waals surface area contributed by atoms with Crippen molar-refractivity contribution >= 4 is 0 Å². The second kappa shape index (κ2) is 5.49. The van der Waals surface area contributed by atoms with Crippen LogP contribution < -0.4 is 0 Å². The number of benzene rings is 1. The fourth-order valence-corrected chi connectivity index (χ4v) is 2.32. The average molecular weight is 220 g/mol. The highest BCUT2D eigenvalue weighted by molar-refractivity contribution is 5.23. The summed E-state index contributed by atoms with van der Waals surface area (Å²) in [5.74, 6) is 0. The number of hydrogen-bond donors (Lipinski definition) is 1. The first-order valence-corrected chi connectivity index (χ1v) is 6.19. The summed E-state index contributed by atoms with van der Waals surface area (Å²) < 4.78 is 0. The Labute approximate surface area is 99.5 Å². The molecule has 0 spiro atoms. The zero-order valence-corrected chi connectivity index (χ0v) is 11.0. The van der Waals surface area contributed by atoms with E-state index in [0.29, 0.717) is 0 Å². The topological polar surface area (TPSA) is 20.2 Å². The highest BCUT2D eigenvalue weighted by Crippen LogP contribution is 2.27. The fourth-order valence-electron chi connectivity index (χ4n) is 2.32. The molecule has 16 heavy (non-hydrogen) atoms. The van der Waals surface area contributed by atoms with Crippen molar-refractivity contribution in [3.63, 3.8) is 0 Å².